The number of likely N-dealkylation sites (tertiary alicyclic amines) is 1. The lowest BCUT2D eigenvalue weighted by molar-refractivity contribution is -0.130. The number of carbonyl (C=O) groups excluding carboxylic acids is 1. The summed E-state index contributed by atoms with van der Waals surface area (Å²) in [5.41, 5.74) is 0.603. The summed E-state index contributed by atoms with van der Waals surface area (Å²) in [6.45, 7) is 3.54. The van der Waals surface area contributed by atoms with Crippen LogP contribution in [0.25, 0.3) is 0 Å². The first-order chi connectivity index (χ1) is 12.2. The molecule has 2 unspecified atom stereocenters. The monoisotopic (exact) mass is 358 g/mol. The van der Waals surface area contributed by atoms with E-state index in [9.17, 15) is 4.79 Å². The van der Waals surface area contributed by atoms with Crippen molar-refractivity contribution in [2.24, 2.45) is 5.92 Å². The van der Waals surface area contributed by atoms with Crippen molar-refractivity contribution >= 4 is 17.7 Å². The molecular formula is C19H26N4OS. The number of hydrogen-bond donors (Lipinski definition) is 1. The predicted octanol–water partition coefficient (Wildman–Crippen LogP) is 2.81. The second kappa shape index (κ2) is 8.68. The highest BCUT2D eigenvalue weighted by molar-refractivity contribution is 7.99. The molecule has 0 radical (unpaired) electrons. The summed E-state index contributed by atoms with van der Waals surface area (Å²) in [5, 5.41) is 13.3. The molecule has 1 saturated carbocycles. The summed E-state index contributed by atoms with van der Waals surface area (Å²) < 4.78 is 0. The summed E-state index contributed by atoms with van der Waals surface area (Å²) in [6, 6.07) is 6.70. The Hall–Kier alpha value is -1.58. The van der Waals surface area contributed by atoms with E-state index >= 15 is 0 Å². The number of amides is 1. The zero-order chi connectivity index (χ0) is 17.6. The van der Waals surface area contributed by atoms with E-state index in [1.807, 2.05) is 17.0 Å². The van der Waals surface area contributed by atoms with Gasteiger partial charge in [0.25, 0.3) is 0 Å². The maximum Gasteiger partial charge on any atom is 0.236 e. The summed E-state index contributed by atoms with van der Waals surface area (Å²) in [4.78, 5) is 18.6. The Balaban J connectivity index is 1.36. The van der Waals surface area contributed by atoms with Crippen molar-refractivity contribution in [1.82, 2.24) is 15.2 Å². The zero-order valence-electron chi connectivity index (χ0n) is 14.8. The highest BCUT2D eigenvalue weighted by atomic mass is 32.2. The van der Waals surface area contributed by atoms with E-state index in [2.05, 4.69) is 23.3 Å². The van der Waals surface area contributed by atoms with Gasteiger partial charge in [0.2, 0.25) is 5.91 Å². The molecule has 0 spiro atoms. The van der Waals surface area contributed by atoms with Crippen LogP contribution in [0.15, 0.2) is 23.4 Å². The summed E-state index contributed by atoms with van der Waals surface area (Å²) in [6.07, 6.45) is 7.39. The first-order valence-electron chi connectivity index (χ1n) is 9.17. The van der Waals surface area contributed by atoms with Gasteiger partial charge in [-0.15, -0.1) is 11.8 Å². The van der Waals surface area contributed by atoms with Crippen LogP contribution in [-0.2, 0) is 4.79 Å². The van der Waals surface area contributed by atoms with E-state index in [1.165, 1.54) is 6.42 Å². The lowest BCUT2D eigenvalue weighted by Crippen LogP contribution is -2.42. The minimum Gasteiger partial charge on any atom is -0.339 e. The molecule has 2 aliphatic rings. The third-order valence-corrected chi connectivity index (χ3v) is 6.46. The number of rotatable bonds is 6. The number of aromatic nitrogens is 1. The van der Waals surface area contributed by atoms with Crippen LogP contribution < -0.4 is 5.32 Å². The topological polar surface area (TPSA) is 69.0 Å². The number of nitriles is 1. The third-order valence-electron chi connectivity index (χ3n) is 5.29. The number of nitrogens with one attached hydrogen (secondary N) is 1. The maximum absolute atomic E-state index is 12.3. The molecule has 134 valence electrons. The molecule has 1 aliphatic carbocycles. The number of thioether (sulfide) groups is 1. The fourth-order valence-corrected chi connectivity index (χ4v) is 4.78. The standard InChI is InChI=1S/C19H26N4OS/c1-14-3-2-8-23(14)19(24)12-21-17-6-4-15(9-17)13-25-18-7-5-16(10-20)11-22-18/h5,7,11,14-15,17,21H,2-4,6,8-9,12-13H2,1H3/t14-,15?,17?/m1/s1. The largest absolute Gasteiger partial charge is 0.339 e. The first-order valence-corrected chi connectivity index (χ1v) is 10.2. The Morgan fingerprint density at radius 1 is 1.44 bits per heavy atom. The smallest absolute Gasteiger partial charge is 0.236 e. The lowest BCUT2D eigenvalue weighted by Gasteiger charge is -2.22. The molecule has 25 heavy (non-hydrogen) atoms. The van der Waals surface area contributed by atoms with Crippen molar-refractivity contribution in [3.63, 3.8) is 0 Å². The van der Waals surface area contributed by atoms with Crippen LogP contribution in [0, 0.1) is 17.2 Å². The third kappa shape index (κ3) is 4.96. The van der Waals surface area contributed by atoms with Gasteiger partial charge >= 0.3 is 0 Å². The molecular weight excluding hydrogens is 332 g/mol. The number of carbonyl (C=O) groups is 1. The van der Waals surface area contributed by atoms with Gasteiger partial charge in [-0.2, -0.15) is 5.26 Å². The van der Waals surface area contributed by atoms with Gasteiger partial charge in [0.05, 0.1) is 17.1 Å². The van der Waals surface area contributed by atoms with E-state index in [-0.39, 0.29) is 5.91 Å². The molecule has 3 rings (SSSR count). The Morgan fingerprint density at radius 2 is 2.32 bits per heavy atom. The Labute approximate surface area is 154 Å². The number of hydrogen-bond acceptors (Lipinski definition) is 5. The lowest BCUT2D eigenvalue weighted by atomic mass is 10.1. The highest BCUT2D eigenvalue weighted by Crippen LogP contribution is 2.30. The van der Waals surface area contributed by atoms with Crippen LogP contribution in [0.2, 0.25) is 0 Å². The minimum absolute atomic E-state index is 0.254. The normalized spacial score (nSPS) is 25.9. The average Bonchev–Trinajstić information content (AvgIpc) is 3.27. The Kier molecular flexibility index (Phi) is 6.33. The molecule has 1 aliphatic heterocycles. The van der Waals surface area contributed by atoms with Gasteiger partial charge in [-0.3, -0.25) is 4.79 Å². The molecule has 0 aromatic carbocycles. The minimum atomic E-state index is 0.254. The van der Waals surface area contributed by atoms with E-state index in [4.69, 9.17) is 5.26 Å². The van der Waals surface area contributed by atoms with Crippen LogP contribution in [0.5, 0.6) is 0 Å². The molecule has 1 amide bonds. The van der Waals surface area contributed by atoms with Crippen LogP contribution in [0.3, 0.4) is 0 Å². The summed E-state index contributed by atoms with van der Waals surface area (Å²) >= 11 is 1.76. The maximum atomic E-state index is 12.3. The SMILES string of the molecule is C[C@@H]1CCCN1C(=O)CNC1CCC(CSc2ccc(C#N)cn2)C1. The predicted molar refractivity (Wildman–Crippen MR) is 99.2 cm³/mol. The number of pyridine rings is 1. The molecule has 1 N–H and O–H groups in total. The van der Waals surface area contributed by atoms with Crippen molar-refractivity contribution in [3.05, 3.63) is 23.9 Å². The van der Waals surface area contributed by atoms with Crippen molar-refractivity contribution in [1.29, 1.82) is 5.26 Å². The van der Waals surface area contributed by atoms with Crippen molar-refractivity contribution in [2.45, 2.75) is 56.1 Å². The van der Waals surface area contributed by atoms with Gasteiger partial charge in [-0.05, 0) is 57.1 Å². The molecule has 2 heterocycles. The molecule has 3 atom stereocenters. The summed E-state index contributed by atoms with van der Waals surface area (Å²) in [5.74, 6) is 1.97. The van der Waals surface area contributed by atoms with Crippen molar-refractivity contribution in [2.75, 3.05) is 18.8 Å². The molecule has 2 fully saturated rings. The van der Waals surface area contributed by atoms with Gasteiger partial charge < -0.3 is 10.2 Å². The second-order valence-corrected chi connectivity index (χ2v) is 8.18. The Morgan fingerprint density at radius 3 is 3.00 bits per heavy atom. The molecule has 1 aromatic heterocycles. The van der Waals surface area contributed by atoms with Crippen LogP contribution in [-0.4, -0.2) is 46.7 Å². The van der Waals surface area contributed by atoms with E-state index in [1.54, 1.807) is 18.0 Å². The zero-order valence-corrected chi connectivity index (χ0v) is 15.6. The van der Waals surface area contributed by atoms with Crippen molar-refractivity contribution < 1.29 is 4.79 Å². The van der Waals surface area contributed by atoms with Gasteiger partial charge in [0, 0.05) is 30.6 Å². The molecule has 5 nitrogen and oxygen atoms in total. The fourth-order valence-electron chi connectivity index (χ4n) is 3.78. The van der Waals surface area contributed by atoms with Gasteiger partial charge in [0.1, 0.15) is 6.07 Å². The molecule has 6 heteroatoms. The van der Waals surface area contributed by atoms with E-state index in [0.29, 0.717) is 30.1 Å². The van der Waals surface area contributed by atoms with Crippen LogP contribution in [0.4, 0.5) is 0 Å². The fraction of sp³-hybridized carbons (Fsp3) is 0.632. The number of nitrogens with zero attached hydrogens (tertiary/aromatic N) is 3. The second-order valence-electron chi connectivity index (χ2n) is 7.14. The first kappa shape index (κ1) is 18.2. The molecule has 1 saturated heterocycles. The van der Waals surface area contributed by atoms with Gasteiger partial charge in [-0.25, -0.2) is 4.98 Å². The summed E-state index contributed by atoms with van der Waals surface area (Å²) in [7, 11) is 0. The molecule has 0 bridgehead atoms. The van der Waals surface area contributed by atoms with Crippen molar-refractivity contribution in [3.8, 4) is 6.07 Å². The average molecular weight is 359 g/mol. The van der Waals surface area contributed by atoms with E-state index < -0.39 is 0 Å². The van der Waals surface area contributed by atoms with Gasteiger partial charge in [0.15, 0.2) is 0 Å². The van der Waals surface area contributed by atoms with Crippen LogP contribution in [0.1, 0.15) is 44.6 Å². The molecule has 1 aromatic rings. The van der Waals surface area contributed by atoms with E-state index in [0.717, 1.165) is 43.0 Å². The Bertz CT molecular complexity index is 627. The highest BCUT2D eigenvalue weighted by Gasteiger charge is 2.28. The van der Waals surface area contributed by atoms with Gasteiger partial charge in [-0.1, -0.05) is 0 Å². The van der Waals surface area contributed by atoms with Crippen LogP contribution >= 0.6 is 11.8 Å². The quantitative estimate of drug-likeness (QED) is 0.792.